The Kier molecular flexibility index (Phi) is 8.79. The summed E-state index contributed by atoms with van der Waals surface area (Å²) in [6, 6.07) is 19.5. The van der Waals surface area contributed by atoms with Crippen LogP contribution in [0.15, 0.2) is 70.7 Å². The van der Waals surface area contributed by atoms with Crippen LogP contribution in [-0.4, -0.2) is 12.5 Å². The highest BCUT2D eigenvalue weighted by molar-refractivity contribution is 9.10. The summed E-state index contributed by atoms with van der Waals surface area (Å²) >= 11 is 15.7. The van der Waals surface area contributed by atoms with Gasteiger partial charge in [-0.3, -0.25) is 4.79 Å². The minimum atomic E-state index is -0.504. The van der Waals surface area contributed by atoms with Crippen molar-refractivity contribution in [3.63, 3.8) is 0 Å². The molecule has 3 aromatic carbocycles. The van der Waals surface area contributed by atoms with Gasteiger partial charge < -0.3 is 14.8 Å². The topological polar surface area (TPSA) is 71.3 Å². The van der Waals surface area contributed by atoms with Crippen LogP contribution < -0.4 is 14.8 Å². The van der Waals surface area contributed by atoms with E-state index < -0.39 is 5.91 Å². The zero-order valence-corrected chi connectivity index (χ0v) is 20.7. The summed E-state index contributed by atoms with van der Waals surface area (Å²) in [5.41, 5.74) is 1.92. The number of carbonyl (C=O) groups excluding carboxylic acids is 1. The van der Waals surface area contributed by atoms with Crippen LogP contribution in [-0.2, 0) is 11.4 Å². The van der Waals surface area contributed by atoms with Gasteiger partial charge in [0.25, 0.3) is 5.91 Å². The predicted molar refractivity (Wildman–Crippen MR) is 135 cm³/mol. The van der Waals surface area contributed by atoms with Crippen molar-refractivity contribution in [1.82, 2.24) is 0 Å². The van der Waals surface area contributed by atoms with E-state index >= 15 is 0 Å². The number of amides is 1. The largest absolute Gasteiger partial charge is 0.490 e. The molecule has 1 amide bonds. The Morgan fingerprint density at radius 2 is 1.88 bits per heavy atom. The zero-order chi connectivity index (χ0) is 23.8. The number of carbonyl (C=O) groups is 1. The Balaban J connectivity index is 1.85. The second kappa shape index (κ2) is 11.8. The highest BCUT2D eigenvalue weighted by Gasteiger charge is 2.15. The first-order valence-corrected chi connectivity index (χ1v) is 11.5. The molecule has 168 valence electrons. The van der Waals surface area contributed by atoms with E-state index in [0.29, 0.717) is 43.9 Å². The molecular weight excluding hydrogens is 527 g/mol. The first-order chi connectivity index (χ1) is 15.9. The molecule has 0 radical (unpaired) electrons. The average Bonchev–Trinajstić information content (AvgIpc) is 2.79. The third-order valence-electron chi connectivity index (χ3n) is 4.43. The minimum Gasteiger partial charge on any atom is -0.490 e. The smallest absolute Gasteiger partial charge is 0.266 e. The lowest BCUT2D eigenvalue weighted by Crippen LogP contribution is -2.13. The lowest BCUT2D eigenvalue weighted by atomic mass is 10.1. The summed E-state index contributed by atoms with van der Waals surface area (Å²) in [6.45, 7) is 2.45. The van der Waals surface area contributed by atoms with Gasteiger partial charge in [-0.25, -0.2) is 0 Å². The standard InChI is InChI=1S/C25H19BrCl2N2O3/c1-2-32-23-12-16(10-18(14-29)25(31)30-20-6-4-3-5-7-20)11-21(26)24(23)33-15-17-8-9-19(27)13-22(17)28/h3-13H,2,15H2,1H3,(H,30,31)/b18-10-. The van der Waals surface area contributed by atoms with E-state index in [1.54, 1.807) is 54.6 Å². The Morgan fingerprint density at radius 3 is 2.55 bits per heavy atom. The van der Waals surface area contributed by atoms with Gasteiger partial charge in [-0.2, -0.15) is 5.26 Å². The normalized spacial score (nSPS) is 10.9. The number of hydrogen-bond acceptors (Lipinski definition) is 4. The number of nitrogens with zero attached hydrogens (tertiary/aromatic N) is 1. The fraction of sp³-hybridized carbons (Fsp3) is 0.120. The number of benzene rings is 3. The van der Waals surface area contributed by atoms with Crippen molar-refractivity contribution in [2.45, 2.75) is 13.5 Å². The fourth-order valence-corrected chi connectivity index (χ4v) is 3.94. The van der Waals surface area contributed by atoms with E-state index in [1.165, 1.54) is 6.08 Å². The molecule has 8 heteroatoms. The molecule has 0 saturated carbocycles. The van der Waals surface area contributed by atoms with Crippen LogP contribution in [0.3, 0.4) is 0 Å². The van der Waals surface area contributed by atoms with Crippen LogP contribution in [0.25, 0.3) is 6.08 Å². The van der Waals surface area contributed by atoms with Crippen molar-refractivity contribution in [2.24, 2.45) is 0 Å². The number of nitriles is 1. The summed E-state index contributed by atoms with van der Waals surface area (Å²) in [6.07, 6.45) is 1.49. The van der Waals surface area contributed by atoms with Crippen LogP contribution in [0.2, 0.25) is 10.0 Å². The van der Waals surface area contributed by atoms with Gasteiger partial charge >= 0.3 is 0 Å². The van der Waals surface area contributed by atoms with Gasteiger partial charge in [0, 0.05) is 21.3 Å². The molecule has 0 heterocycles. The van der Waals surface area contributed by atoms with Crippen LogP contribution in [0.4, 0.5) is 5.69 Å². The minimum absolute atomic E-state index is 0.0465. The number of hydrogen-bond donors (Lipinski definition) is 1. The van der Waals surface area contributed by atoms with Crippen LogP contribution >= 0.6 is 39.1 Å². The Morgan fingerprint density at radius 1 is 1.12 bits per heavy atom. The monoisotopic (exact) mass is 544 g/mol. The van der Waals surface area contributed by atoms with E-state index in [-0.39, 0.29) is 12.2 Å². The van der Waals surface area contributed by atoms with Crippen molar-refractivity contribution in [2.75, 3.05) is 11.9 Å². The quantitative estimate of drug-likeness (QED) is 0.238. The number of ether oxygens (including phenoxy) is 2. The van der Waals surface area contributed by atoms with Gasteiger partial charge in [-0.05, 0) is 70.9 Å². The molecule has 0 bridgehead atoms. The Hall–Kier alpha value is -2.98. The summed E-state index contributed by atoms with van der Waals surface area (Å²) in [5, 5.41) is 13.3. The summed E-state index contributed by atoms with van der Waals surface area (Å²) in [7, 11) is 0. The first kappa shape index (κ1) is 24.7. The van der Waals surface area contributed by atoms with E-state index in [9.17, 15) is 10.1 Å². The van der Waals surface area contributed by atoms with E-state index in [2.05, 4.69) is 21.2 Å². The molecule has 0 aromatic heterocycles. The van der Waals surface area contributed by atoms with Gasteiger partial charge in [0.15, 0.2) is 11.5 Å². The third kappa shape index (κ3) is 6.75. The fourth-order valence-electron chi connectivity index (χ4n) is 2.90. The molecule has 3 aromatic rings. The number of nitrogens with one attached hydrogen (secondary N) is 1. The molecule has 1 N–H and O–H groups in total. The molecule has 0 fully saturated rings. The van der Waals surface area contributed by atoms with E-state index in [1.807, 2.05) is 19.1 Å². The second-order valence-electron chi connectivity index (χ2n) is 6.78. The predicted octanol–water partition coefficient (Wildman–Crippen LogP) is 7.28. The summed E-state index contributed by atoms with van der Waals surface area (Å²) in [4.78, 5) is 12.5. The second-order valence-corrected chi connectivity index (χ2v) is 8.48. The van der Waals surface area contributed by atoms with Crippen molar-refractivity contribution >= 4 is 56.8 Å². The SMILES string of the molecule is CCOc1cc(/C=C(/C#N)C(=O)Nc2ccccc2)cc(Br)c1OCc1ccc(Cl)cc1Cl. The molecule has 0 unspecified atom stereocenters. The number of para-hydroxylation sites is 1. The average molecular weight is 546 g/mol. The van der Waals surface area contributed by atoms with E-state index in [0.717, 1.165) is 5.56 Å². The zero-order valence-electron chi connectivity index (χ0n) is 17.6. The van der Waals surface area contributed by atoms with Crippen LogP contribution in [0, 0.1) is 11.3 Å². The summed E-state index contributed by atoms with van der Waals surface area (Å²) in [5.74, 6) is 0.437. The van der Waals surface area contributed by atoms with Gasteiger partial charge in [0.2, 0.25) is 0 Å². The Bertz CT molecular complexity index is 1220. The maximum absolute atomic E-state index is 12.5. The molecule has 5 nitrogen and oxygen atoms in total. The molecule has 0 aliphatic carbocycles. The van der Waals surface area contributed by atoms with Crippen molar-refractivity contribution < 1.29 is 14.3 Å². The number of anilines is 1. The third-order valence-corrected chi connectivity index (χ3v) is 5.60. The molecule has 3 rings (SSSR count). The van der Waals surface area contributed by atoms with Gasteiger partial charge in [0.1, 0.15) is 18.2 Å². The molecule has 0 aliphatic heterocycles. The van der Waals surface area contributed by atoms with Crippen molar-refractivity contribution in [1.29, 1.82) is 5.26 Å². The maximum Gasteiger partial charge on any atom is 0.266 e. The van der Waals surface area contributed by atoms with Gasteiger partial charge in [-0.1, -0.05) is 47.5 Å². The maximum atomic E-state index is 12.5. The lowest BCUT2D eigenvalue weighted by molar-refractivity contribution is -0.112. The molecule has 0 spiro atoms. The first-order valence-electron chi connectivity index (χ1n) is 9.92. The van der Waals surface area contributed by atoms with Crippen LogP contribution in [0.1, 0.15) is 18.1 Å². The summed E-state index contributed by atoms with van der Waals surface area (Å²) < 4.78 is 12.3. The van der Waals surface area contributed by atoms with Crippen LogP contribution in [0.5, 0.6) is 11.5 Å². The Labute approximate surface area is 210 Å². The molecule has 0 aliphatic rings. The molecule has 0 atom stereocenters. The van der Waals surface area contributed by atoms with Gasteiger partial charge in [-0.15, -0.1) is 0 Å². The highest BCUT2D eigenvalue weighted by atomic mass is 79.9. The lowest BCUT2D eigenvalue weighted by Gasteiger charge is -2.15. The van der Waals surface area contributed by atoms with E-state index in [4.69, 9.17) is 32.7 Å². The van der Waals surface area contributed by atoms with Crippen molar-refractivity contribution in [3.8, 4) is 17.6 Å². The molecule has 0 saturated heterocycles. The van der Waals surface area contributed by atoms with Gasteiger partial charge in [0.05, 0.1) is 11.1 Å². The molecular formula is C25H19BrCl2N2O3. The highest BCUT2D eigenvalue weighted by Crippen LogP contribution is 2.38. The number of halogens is 3. The van der Waals surface area contributed by atoms with Crippen molar-refractivity contribution in [3.05, 3.63) is 91.9 Å². The number of rotatable bonds is 8. The molecule has 33 heavy (non-hydrogen) atoms.